The van der Waals surface area contributed by atoms with Crippen molar-refractivity contribution >= 4 is 11.9 Å². The number of carbonyl (C=O) groups is 2. The van der Waals surface area contributed by atoms with Crippen molar-refractivity contribution in [2.24, 2.45) is 0 Å². The van der Waals surface area contributed by atoms with E-state index in [4.69, 9.17) is 19.3 Å². The molecule has 0 aliphatic rings. The van der Waals surface area contributed by atoms with Gasteiger partial charge in [0.15, 0.2) is 12.7 Å². The van der Waals surface area contributed by atoms with Gasteiger partial charge < -0.3 is 24.6 Å². The van der Waals surface area contributed by atoms with Gasteiger partial charge in [0.1, 0.15) is 11.5 Å². The van der Waals surface area contributed by atoms with Gasteiger partial charge in [-0.1, -0.05) is 24.3 Å². The largest absolute Gasteiger partial charge is 0.494 e. The van der Waals surface area contributed by atoms with Crippen molar-refractivity contribution in [2.75, 3.05) is 26.9 Å². The van der Waals surface area contributed by atoms with Crippen molar-refractivity contribution in [2.45, 2.75) is 25.9 Å². The zero-order valence-corrected chi connectivity index (χ0v) is 16.7. The van der Waals surface area contributed by atoms with Crippen LogP contribution in [0.1, 0.15) is 18.1 Å². The van der Waals surface area contributed by atoms with Crippen LogP contribution in [0.25, 0.3) is 0 Å². The molecular weight excluding hydrogens is 374 g/mol. The van der Waals surface area contributed by atoms with E-state index in [2.05, 4.69) is 5.32 Å². The summed E-state index contributed by atoms with van der Waals surface area (Å²) in [6.07, 6.45) is 0.0952. The summed E-state index contributed by atoms with van der Waals surface area (Å²) in [5.41, 5.74) is 1.92. The van der Waals surface area contributed by atoms with E-state index < -0.39 is 12.1 Å². The minimum atomic E-state index is -1.00. The second kappa shape index (κ2) is 11.7. The van der Waals surface area contributed by atoms with Crippen LogP contribution < -0.4 is 14.8 Å². The van der Waals surface area contributed by atoms with Gasteiger partial charge in [0.05, 0.1) is 6.61 Å². The maximum absolute atomic E-state index is 11.9. The Labute approximate surface area is 170 Å². The second-order valence-corrected chi connectivity index (χ2v) is 6.38. The summed E-state index contributed by atoms with van der Waals surface area (Å²) in [5.74, 6) is 0.167. The summed E-state index contributed by atoms with van der Waals surface area (Å²) < 4.78 is 15.8. The molecule has 0 spiro atoms. The molecule has 0 aliphatic heterocycles. The van der Waals surface area contributed by atoms with E-state index in [-0.39, 0.29) is 18.9 Å². The first kappa shape index (κ1) is 22.2. The lowest BCUT2D eigenvalue weighted by atomic mass is 10.1. The van der Waals surface area contributed by atoms with E-state index in [1.54, 1.807) is 24.3 Å². The summed E-state index contributed by atoms with van der Waals surface area (Å²) in [7, 11) is 1.37. The number of amides is 1. The summed E-state index contributed by atoms with van der Waals surface area (Å²) in [5, 5.41) is 11.8. The minimum absolute atomic E-state index is 0.0849. The Balaban J connectivity index is 1.70. The van der Waals surface area contributed by atoms with Gasteiger partial charge in [-0.2, -0.15) is 0 Å². The molecule has 0 fully saturated rings. The third-order valence-corrected chi connectivity index (χ3v) is 4.24. The predicted molar refractivity (Wildman–Crippen MR) is 108 cm³/mol. The van der Waals surface area contributed by atoms with Gasteiger partial charge in [-0.25, -0.2) is 4.79 Å². The molecule has 0 radical (unpaired) electrons. The lowest BCUT2D eigenvalue weighted by molar-refractivity contribution is -0.148. The predicted octanol–water partition coefficient (Wildman–Crippen LogP) is 2.47. The molecule has 156 valence electrons. The Hall–Kier alpha value is -3.06. The standard InChI is InChI=1S/C22H27NO6/c1-3-28-18-8-4-16(5-9-18)12-13-23-21(24)15-29-19-10-6-17(7-11-19)14-20(27-2)22(25)26/h4-11,20H,3,12-15H2,1-2H3,(H,23,24)(H,25,26)/t20-/m1/s1. The lowest BCUT2D eigenvalue weighted by Gasteiger charge is -2.11. The van der Waals surface area contributed by atoms with Crippen molar-refractivity contribution in [1.82, 2.24) is 5.32 Å². The van der Waals surface area contributed by atoms with E-state index in [0.717, 1.165) is 23.3 Å². The van der Waals surface area contributed by atoms with Gasteiger partial charge in [-0.05, 0) is 48.7 Å². The molecular formula is C22H27NO6. The van der Waals surface area contributed by atoms with Crippen molar-refractivity contribution in [1.29, 1.82) is 0 Å². The number of carbonyl (C=O) groups excluding carboxylic acids is 1. The number of benzene rings is 2. The van der Waals surface area contributed by atoms with Crippen LogP contribution in [0.5, 0.6) is 11.5 Å². The van der Waals surface area contributed by atoms with E-state index in [1.165, 1.54) is 7.11 Å². The summed E-state index contributed by atoms with van der Waals surface area (Å²) in [4.78, 5) is 22.9. The van der Waals surface area contributed by atoms with Gasteiger partial charge in [0.2, 0.25) is 0 Å². The first-order valence-electron chi connectivity index (χ1n) is 9.47. The average Bonchev–Trinajstić information content (AvgIpc) is 2.72. The number of carboxylic acids is 1. The number of hydrogen-bond acceptors (Lipinski definition) is 5. The van der Waals surface area contributed by atoms with Crippen molar-refractivity contribution in [3.8, 4) is 11.5 Å². The summed E-state index contributed by atoms with van der Waals surface area (Å²) in [6, 6.07) is 14.7. The van der Waals surface area contributed by atoms with Gasteiger partial charge in [-0.3, -0.25) is 4.79 Å². The molecule has 1 amide bonds. The van der Waals surface area contributed by atoms with Gasteiger partial charge in [0, 0.05) is 20.1 Å². The van der Waals surface area contributed by atoms with Gasteiger partial charge in [0.25, 0.3) is 5.91 Å². The number of rotatable bonds is 12. The van der Waals surface area contributed by atoms with Crippen molar-refractivity contribution in [3.05, 3.63) is 59.7 Å². The normalized spacial score (nSPS) is 11.5. The molecule has 2 N–H and O–H groups in total. The van der Waals surface area contributed by atoms with Crippen LogP contribution >= 0.6 is 0 Å². The number of hydrogen-bond donors (Lipinski definition) is 2. The quantitative estimate of drug-likeness (QED) is 0.567. The number of ether oxygens (including phenoxy) is 3. The highest BCUT2D eigenvalue weighted by Gasteiger charge is 2.16. The lowest BCUT2D eigenvalue weighted by Crippen LogP contribution is -2.30. The van der Waals surface area contributed by atoms with Crippen molar-refractivity contribution in [3.63, 3.8) is 0 Å². The van der Waals surface area contributed by atoms with Crippen LogP contribution in [0, 0.1) is 0 Å². The molecule has 7 nitrogen and oxygen atoms in total. The van der Waals surface area contributed by atoms with E-state index in [0.29, 0.717) is 18.9 Å². The number of nitrogens with one attached hydrogen (secondary N) is 1. The van der Waals surface area contributed by atoms with Gasteiger partial charge in [-0.15, -0.1) is 0 Å². The highest BCUT2D eigenvalue weighted by Crippen LogP contribution is 2.14. The van der Waals surface area contributed by atoms with Gasteiger partial charge >= 0.3 is 5.97 Å². The topological polar surface area (TPSA) is 94.1 Å². The molecule has 0 heterocycles. The van der Waals surface area contributed by atoms with Crippen molar-refractivity contribution < 1.29 is 28.9 Å². The Morgan fingerprint density at radius 1 is 0.966 bits per heavy atom. The average molecular weight is 401 g/mol. The first-order chi connectivity index (χ1) is 14.0. The molecule has 0 unspecified atom stereocenters. The first-order valence-corrected chi connectivity index (χ1v) is 9.47. The van der Waals surface area contributed by atoms with E-state index >= 15 is 0 Å². The highest BCUT2D eigenvalue weighted by molar-refractivity contribution is 5.77. The smallest absolute Gasteiger partial charge is 0.333 e. The van der Waals surface area contributed by atoms with Crippen LogP contribution in [0.3, 0.4) is 0 Å². The summed E-state index contributed by atoms with van der Waals surface area (Å²) in [6.45, 7) is 3.01. The third kappa shape index (κ3) is 7.83. The van der Waals surface area contributed by atoms with Crippen LogP contribution in [-0.2, 0) is 27.2 Å². The third-order valence-electron chi connectivity index (χ3n) is 4.24. The molecule has 0 aromatic heterocycles. The molecule has 0 bridgehead atoms. The fourth-order valence-corrected chi connectivity index (χ4v) is 2.67. The zero-order valence-electron chi connectivity index (χ0n) is 16.7. The Morgan fingerprint density at radius 3 is 2.10 bits per heavy atom. The second-order valence-electron chi connectivity index (χ2n) is 6.38. The molecule has 0 saturated heterocycles. The highest BCUT2D eigenvalue weighted by atomic mass is 16.5. The summed E-state index contributed by atoms with van der Waals surface area (Å²) >= 11 is 0. The Bertz CT molecular complexity index is 773. The van der Waals surface area contributed by atoms with Crippen LogP contribution in [-0.4, -0.2) is 50.0 Å². The zero-order chi connectivity index (χ0) is 21.1. The Morgan fingerprint density at radius 2 is 1.55 bits per heavy atom. The molecule has 0 saturated carbocycles. The molecule has 29 heavy (non-hydrogen) atoms. The maximum atomic E-state index is 11.9. The fourth-order valence-electron chi connectivity index (χ4n) is 2.67. The van der Waals surface area contributed by atoms with Crippen LogP contribution in [0.4, 0.5) is 0 Å². The molecule has 2 aromatic carbocycles. The fraction of sp³-hybridized carbons (Fsp3) is 0.364. The number of carboxylic acid groups (broad SMARTS) is 1. The number of methoxy groups -OCH3 is 1. The molecule has 1 atom stereocenters. The van der Waals surface area contributed by atoms with E-state index in [1.807, 2.05) is 31.2 Å². The van der Waals surface area contributed by atoms with Crippen LogP contribution in [0.2, 0.25) is 0 Å². The molecule has 7 heteroatoms. The number of aliphatic carboxylic acids is 1. The maximum Gasteiger partial charge on any atom is 0.333 e. The minimum Gasteiger partial charge on any atom is -0.494 e. The molecule has 2 rings (SSSR count). The monoisotopic (exact) mass is 401 g/mol. The molecule has 0 aliphatic carbocycles. The van der Waals surface area contributed by atoms with E-state index in [9.17, 15) is 9.59 Å². The SMILES string of the molecule is CCOc1ccc(CCNC(=O)COc2ccc(C[C@@H](OC)C(=O)O)cc2)cc1. The molecule has 2 aromatic rings. The Kier molecular flexibility index (Phi) is 8.98. The van der Waals surface area contributed by atoms with Crippen LogP contribution in [0.15, 0.2) is 48.5 Å².